The van der Waals surface area contributed by atoms with Gasteiger partial charge >= 0.3 is 0 Å². The predicted octanol–water partition coefficient (Wildman–Crippen LogP) is 4.20. The number of anilines is 2. The summed E-state index contributed by atoms with van der Waals surface area (Å²) >= 11 is 5.11. The molecule has 1 aromatic heterocycles. The molecule has 2 aromatic carbocycles. The molecule has 0 bridgehead atoms. The minimum atomic E-state index is -1.76. The lowest BCUT2D eigenvalue weighted by molar-refractivity contribution is -0.384. The molecule has 29 heavy (non-hydrogen) atoms. The van der Waals surface area contributed by atoms with E-state index >= 15 is 0 Å². The van der Waals surface area contributed by atoms with Crippen molar-refractivity contribution in [2.45, 2.75) is 6.54 Å². The number of nitrogens with zero attached hydrogens (tertiary/aromatic N) is 3. The summed E-state index contributed by atoms with van der Waals surface area (Å²) < 4.78 is 54.9. The molecule has 0 aliphatic carbocycles. The Balaban J connectivity index is 1.65. The van der Waals surface area contributed by atoms with Gasteiger partial charge in [0, 0.05) is 35.6 Å². The molecule has 0 aliphatic heterocycles. The van der Waals surface area contributed by atoms with Crippen molar-refractivity contribution < 1.29 is 22.5 Å². The maximum Gasteiger partial charge on any atom is 0.269 e. The van der Waals surface area contributed by atoms with Gasteiger partial charge in [0.25, 0.3) is 5.69 Å². The number of thiocarbonyl (C=S) groups is 1. The first kappa shape index (κ1) is 20.2. The quantitative estimate of drug-likeness (QED) is 0.159. The van der Waals surface area contributed by atoms with Crippen molar-refractivity contribution in [3.63, 3.8) is 0 Å². The molecule has 0 fully saturated rings. The van der Waals surface area contributed by atoms with Gasteiger partial charge in [-0.15, -0.1) is 0 Å². The SMILES string of the molecule is O=[N+]([O-])c1ccc(NC(=S)Nc2cnn(Cc3c(F)cc(F)c(F)c3F)c2)cc1. The zero-order valence-corrected chi connectivity index (χ0v) is 15.1. The molecule has 0 aliphatic rings. The Morgan fingerprint density at radius 3 is 2.38 bits per heavy atom. The zero-order chi connectivity index (χ0) is 21.1. The standard InChI is InChI=1S/C17H11F4N5O2S/c18-13-5-14(19)16(21)15(20)12(13)8-25-7-10(6-22-25)24-17(29)23-9-1-3-11(4-2-9)26(27)28/h1-7H,8H2,(H2,23,24,29). The van der Waals surface area contributed by atoms with Gasteiger partial charge in [-0.05, 0) is 24.4 Å². The molecule has 3 rings (SSSR count). The van der Waals surface area contributed by atoms with E-state index < -0.39 is 40.3 Å². The second kappa shape index (κ2) is 8.22. The Kier molecular flexibility index (Phi) is 5.73. The molecule has 0 atom stereocenters. The fraction of sp³-hybridized carbons (Fsp3) is 0.0588. The van der Waals surface area contributed by atoms with Crippen LogP contribution in [0, 0.1) is 33.4 Å². The lowest BCUT2D eigenvalue weighted by atomic mass is 10.2. The first-order chi connectivity index (χ1) is 13.7. The summed E-state index contributed by atoms with van der Waals surface area (Å²) in [5, 5.41) is 20.2. The minimum Gasteiger partial charge on any atom is -0.332 e. The topological polar surface area (TPSA) is 85.0 Å². The predicted molar refractivity (Wildman–Crippen MR) is 101 cm³/mol. The Morgan fingerprint density at radius 2 is 1.72 bits per heavy atom. The van der Waals surface area contributed by atoms with Crippen LogP contribution in [0.2, 0.25) is 0 Å². The van der Waals surface area contributed by atoms with Crippen LogP contribution in [0.15, 0.2) is 42.7 Å². The molecule has 2 N–H and O–H groups in total. The van der Waals surface area contributed by atoms with E-state index in [1.165, 1.54) is 36.7 Å². The van der Waals surface area contributed by atoms with Gasteiger partial charge in [-0.3, -0.25) is 14.8 Å². The summed E-state index contributed by atoms with van der Waals surface area (Å²) in [6.07, 6.45) is 2.66. The van der Waals surface area contributed by atoms with E-state index in [-0.39, 0.29) is 16.9 Å². The van der Waals surface area contributed by atoms with E-state index in [0.29, 0.717) is 11.4 Å². The van der Waals surface area contributed by atoms with Crippen molar-refractivity contribution in [1.29, 1.82) is 0 Å². The highest BCUT2D eigenvalue weighted by Gasteiger charge is 2.19. The van der Waals surface area contributed by atoms with Gasteiger partial charge in [-0.25, -0.2) is 17.6 Å². The van der Waals surface area contributed by atoms with E-state index in [0.717, 1.165) is 4.68 Å². The number of hydrogen-bond acceptors (Lipinski definition) is 4. The Bertz CT molecular complexity index is 1090. The molecule has 3 aromatic rings. The van der Waals surface area contributed by atoms with E-state index in [1.807, 2.05) is 0 Å². The molecule has 0 unspecified atom stereocenters. The molecule has 0 radical (unpaired) electrons. The first-order valence-corrected chi connectivity index (χ1v) is 8.32. The van der Waals surface area contributed by atoms with E-state index in [1.54, 1.807) is 0 Å². The van der Waals surface area contributed by atoms with Crippen LogP contribution in [-0.2, 0) is 6.54 Å². The van der Waals surface area contributed by atoms with Gasteiger partial charge in [-0.2, -0.15) is 5.10 Å². The largest absolute Gasteiger partial charge is 0.332 e. The molecule has 0 spiro atoms. The van der Waals surface area contributed by atoms with Gasteiger partial charge in [-0.1, -0.05) is 0 Å². The van der Waals surface area contributed by atoms with Crippen LogP contribution in [0.3, 0.4) is 0 Å². The van der Waals surface area contributed by atoms with Crippen LogP contribution in [0.25, 0.3) is 0 Å². The third kappa shape index (κ3) is 4.66. The van der Waals surface area contributed by atoms with Crippen molar-refractivity contribution in [3.05, 3.63) is 81.7 Å². The molecule has 7 nitrogen and oxygen atoms in total. The molecule has 0 saturated heterocycles. The molecular weight excluding hydrogens is 414 g/mol. The van der Waals surface area contributed by atoms with Gasteiger partial charge in [0.05, 0.1) is 23.4 Å². The van der Waals surface area contributed by atoms with Gasteiger partial charge in [0.1, 0.15) is 5.82 Å². The first-order valence-electron chi connectivity index (χ1n) is 7.91. The van der Waals surface area contributed by atoms with Crippen LogP contribution < -0.4 is 10.6 Å². The maximum absolute atomic E-state index is 13.8. The Labute approximate surface area is 166 Å². The highest BCUT2D eigenvalue weighted by molar-refractivity contribution is 7.80. The number of hydrogen-bond donors (Lipinski definition) is 2. The summed E-state index contributed by atoms with van der Waals surface area (Å²) in [6.45, 7) is -0.473. The van der Waals surface area contributed by atoms with Crippen LogP contribution in [0.5, 0.6) is 0 Å². The highest BCUT2D eigenvalue weighted by Crippen LogP contribution is 2.21. The Morgan fingerprint density at radius 1 is 1.07 bits per heavy atom. The Hall–Kier alpha value is -3.54. The minimum absolute atomic E-state index is 0.0765. The number of rotatable bonds is 5. The summed E-state index contributed by atoms with van der Waals surface area (Å²) in [6, 6.07) is 5.79. The van der Waals surface area contributed by atoms with Crippen LogP contribution in [0.1, 0.15) is 5.56 Å². The van der Waals surface area contributed by atoms with Crippen molar-refractivity contribution in [2.24, 2.45) is 0 Å². The smallest absolute Gasteiger partial charge is 0.269 e. The van der Waals surface area contributed by atoms with Crippen LogP contribution >= 0.6 is 12.2 Å². The summed E-state index contributed by atoms with van der Waals surface area (Å²) in [5.74, 6) is -6.24. The number of halogens is 4. The number of nitro groups is 1. The molecule has 1 heterocycles. The third-order valence-corrected chi connectivity index (χ3v) is 3.96. The molecule has 12 heteroatoms. The van der Waals surface area contributed by atoms with Crippen molar-refractivity contribution >= 4 is 34.4 Å². The van der Waals surface area contributed by atoms with E-state index in [2.05, 4.69) is 15.7 Å². The van der Waals surface area contributed by atoms with Gasteiger partial charge in [0.2, 0.25) is 0 Å². The highest BCUT2D eigenvalue weighted by atomic mass is 32.1. The van der Waals surface area contributed by atoms with E-state index in [9.17, 15) is 27.7 Å². The fourth-order valence-corrected chi connectivity index (χ4v) is 2.62. The molecule has 0 saturated carbocycles. The lowest BCUT2D eigenvalue weighted by Gasteiger charge is -2.09. The number of non-ortho nitro benzene ring substituents is 1. The number of nitrogens with one attached hydrogen (secondary N) is 2. The summed E-state index contributed by atoms with van der Waals surface area (Å²) in [7, 11) is 0. The van der Waals surface area contributed by atoms with Crippen LogP contribution in [0.4, 0.5) is 34.6 Å². The number of aromatic nitrogens is 2. The average Bonchev–Trinajstić information content (AvgIpc) is 3.10. The molecule has 150 valence electrons. The van der Waals surface area contributed by atoms with Crippen LogP contribution in [-0.4, -0.2) is 19.8 Å². The summed E-state index contributed by atoms with van der Waals surface area (Å²) in [4.78, 5) is 10.1. The second-order valence-electron chi connectivity index (χ2n) is 5.76. The maximum atomic E-state index is 13.8. The van der Waals surface area contributed by atoms with Crippen molar-refractivity contribution in [3.8, 4) is 0 Å². The third-order valence-electron chi connectivity index (χ3n) is 3.76. The normalized spacial score (nSPS) is 10.6. The van der Waals surface area contributed by atoms with Crippen molar-refractivity contribution in [2.75, 3.05) is 10.6 Å². The lowest BCUT2D eigenvalue weighted by Crippen LogP contribution is -2.18. The van der Waals surface area contributed by atoms with Crippen molar-refractivity contribution in [1.82, 2.24) is 9.78 Å². The molecular formula is C17H11F4N5O2S. The number of benzene rings is 2. The summed E-state index contributed by atoms with van der Waals surface area (Å²) in [5.41, 5.74) is 0.0942. The van der Waals surface area contributed by atoms with Gasteiger partial charge in [0.15, 0.2) is 22.6 Å². The number of nitro benzene ring substituents is 1. The average molecular weight is 425 g/mol. The van der Waals surface area contributed by atoms with E-state index in [4.69, 9.17) is 12.2 Å². The van der Waals surface area contributed by atoms with Gasteiger partial charge < -0.3 is 10.6 Å². The molecule has 0 amide bonds. The second-order valence-corrected chi connectivity index (χ2v) is 6.16. The fourth-order valence-electron chi connectivity index (χ4n) is 2.39. The zero-order valence-electron chi connectivity index (χ0n) is 14.3. The monoisotopic (exact) mass is 425 g/mol.